The highest BCUT2D eigenvalue weighted by Crippen LogP contribution is 2.18. The van der Waals surface area contributed by atoms with E-state index in [0.717, 1.165) is 24.0 Å². The van der Waals surface area contributed by atoms with E-state index in [4.69, 9.17) is 0 Å². The van der Waals surface area contributed by atoms with Crippen LogP contribution in [-0.2, 0) is 11.3 Å². The minimum absolute atomic E-state index is 0.0490. The minimum Gasteiger partial charge on any atom is -0.325 e. The van der Waals surface area contributed by atoms with Gasteiger partial charge in [-0.2, -0.15) is 0 Å². The molecule has 116 valence electrons. The van der Waals surface area contributed by atoms with Crippen LogP contribution >= 0.6 is 11.8 Å². The first-order valence-corrected chi connectivity index (χ1v) is 7.37. The summed E-state index contributed by atoms with van der Waals surface area (Å²) in [4.78, 5) is 11.8. The summed E-state index contributed by atoms with van der Waals surface area (Å²) in [6.07, 6.45) is 1.70. The number of rotatable bonds is 6. The average molecular weight is 324 g/mol. The van der Waals surface area contributed by atoms with Crippen molar-refractivity contribution in [1.29, 1.82) is 0 Å². The van der Waals surface area contributed by atoms with Gasteiger partial charge in [0.1, 0.15) is 17.5 Å². The lowest BCUT2D eigenvalue weighted by molar-refractivity contribution is -0.113. The van der Waals surface area contributed by atoms with Crippen molar-refractivity contribution in [2.75, 3.05) is 11.1 Å². The quantitative estimate of drug-likeness (QED) is 0.656. The molecule has 1 heterocycles. The van der Waals surface area contributed by atoms with Crippen molar-refractivity contribution in [2.45, 2.75) is 18.6 Å². The third kappa shape index (κ3) is 4.14. The standard InChI is InChI=1S/C14H14F2N4OS/c1-3-4-20-9(2)18-19-14(20)22-8-13(21)17-12-6-10(15)5-11(16)7-12/h3,5-7H,1,4,8H2,2H3,(H,17,21). The van der Waals surface area contributed by atoms with E-state index in [2.05, 4.69) is 22.1 Å². The summed E-state index contributed by atoms with van der Waals surface area (Å²) >= 11 is 1.19. The first-order chi connectivity index (χ1) is 10.5. The van der Waals surface area contributed by atoms with E-state index in [1.54, 1.807) is 13.0 Å². The van der Waals surface area contributed by atoms with E-state index >= 15 is 0 Å². The van der Waals surface area contributed by atoms with Gasteiger partial charge in [-0.15, -0.1) is 16.8 Å². The zero-order valence-electron chi connectivity index (χ0n) is 11.8. The molecule has 0 aliphatic heterocycles. The molecule has 1 aromatic heterocycles. The predicted molar refractivity (Wildman–Crippen MR) is 80.7 cm³/mol. The van der Waals surface area contributed by atoms with Crippen LogP contribution in [0.15, 0.2) is 36.0 Å². The molecule has 1 N–H and O–H groups in total. The summed E-state index contributed by atoms with van der Waals surface area (Å²) in [5.41, 5.74) is 0.0758. The van der Waals surface area contributed by atoms with Crippen LogP contribution in [0.5, 0.6) is 0 Å². The molecule has 0 unspecified atom stereocenters. The van der Waals surface area contributed by atoms with E-state index in [0.29, 0.717) is 11.7 Å². The number of halogens is 2. The highest BCUT2D eigenvalue weighted by atomic mass is 32.2. The molecule has 22 heavy (non-hydrogen) atoms. The molecule has 0 fully saturated rings. The maximum absolute atomic E-state index is 13.0. The van der Waals surface area contributed by atoms with E-state index < -0.39 is 11.6 Å². The Morgan fingerprint density at radius 2 is 2.05 bits per heavy atom. The van der Waals surface area contributed by atoms with Crippen molar-refractivity contribution in [3.05, 3.63) is 48.3 Å². The topological polar surface area (TPSA) is 59.8 Å². The van der Waals surface area contributed by atoms with Crippen molar-refractivity contribution >= 4 is 23.4 Å². The zero-order chi connectivity index (χ0) is 16.1. The largest absolute Gasteiger partial charge is 0.325 e. The highest BCUT2D eigenvalue weighted by molar-refractivity contribution is 7.99. The fourth-order valence-corrected chi connectivity index (χ4v) is 2.55. The summed E-state index contributed by atoms with van der Waals surface area (Å²) in [7, 11) is 0. The number of aryl methyl sites for hydroxylation is 1. The second kappa shape index (κ2) is 7.17. The van der Waals surface area contributed by atoms with Gasteiger partial charge in [-0.3, -0.25) is 4.79 Å². The molecule has 0 atom stereocenters. The van der Waals surface area contributed by atoms with Crippen molar-refractivity contribution < 1.29 is 13.6 Å². The maximum Gasteiger partial charge on any atom is 0.234 e. The van der Waals surface area contributed by atoms with Gasteiger partial charge in [0.05, 0.1) is 5.75 Å². The van der Waals surface area contributed by atoms with Gasteiger partial charge in [0, 0.05) is 18.3 Å². The fourth-order valence-electron chi connectivity index (χ4n) is 1.76. The lowest BCUT2D eigenvalue weighted by Gasteiger charge is -2.07. The van der Waals surface area contributed by atoms with Gasteiger partial charge in [-0.25, -0.2) is 8.78 Å². The lowest BCUT2D eigenvalue weighted by Crippen LogP contribution is -2.15. The van der Waals surface area contributed by atoms with Gasteiger partial charge in [0.15, 0.2) is 5.16 Å². The molecular formula is C14H14F2N4OS. The van der Waals surface area contributed by atoms with Crippen LogP contribution in [0.25, 0.3) is 0 Å². The van der Waals surface area contributed by atoms with Crippen LogP contribution in [-0.4, -0.2) is 26.4 Å². The lowest BCUT2D eigenvalue weighted by atomic mass is 10.3. The molecule has 0 aliphatic rings. The van der Waals surface area contributed by atoms with E-state index in [9.17, 15) is 13.6 Å². The molecule has 0 saturated carbocycles. The molecular weight excluding hydrogens is 310 g/mol. The predicted octanol–water partition coefficient (Wildman–Crippen LogP) is 2.78. The monoisotopic (exact) mass is 324 g/mol. The third-order valence-electron chi connectivity index (χ3n) is 2.69. The van der Waals surface area contributed by atoms with Crippen LogP contribution in [0.2, 0.25) is 0 Å². The summed E-state index contributed by atoms with van der Waals surface area (Å²) in [6.45, 7) is 5.99. The SMILES string of the molecule is C=CCn1c(C)nnc1SCC(=O)Nc1cc(F)cc(F)c1. The van der Waals surface area contributed by atoms with Gasteiger partial charge in [0.2, 0.25) is 5.91 Å². The Hall–Kier alpha value is -2.22. The molecule has 1 amide bonds. The number of aromatic nitrogens is 3. The molecule has 8 heteroatoms. The Kier molecular flexibility index (Phi) is 5.26. The Bertz CT molecular complexity index is 682. The number of amides is 1. The minimum atomic E-state index is -0.746. The average Bonchev–Trinajstić information content (AvgIpc) is 2.77. The van der Waals surface area contributed by atoms with Gasteiger partial charge in [-0.05, 0) is 19.1 Å². The molecule has 0 aliphatic carbocycles. The van der Waals surface area contributed by atoms with Crippen LogP contribution in [0.3, 0.4) is 0 Å². The number of thioether (sulfide) groups is 1. The number of nitrogens with one attached hydrogen (secondary N) is 1. The molecule has 2 aromatic rings. The van der Waals surface area contributed by atoms with Gasteiger partial charge in [-0.1, -0.05) is 17.8 Å². The van der Waals surface area contributed by atoms with E-state index in [-0.39, 0.29) is 17.3 Å². The maximum atomic E-state index is 13.0. The number of anilines is 1. The highest BCUT2D eigenvalue weighted by Gasteiger charge is 2.11. The van der Waals surface area contributed by atoms with Crippen molar-refractivity contribution in [3.8, 4) is 0 Å². The number of nitrogens with zero attached hydrogens (tertiary/aromatic N) is 3. The Labute approximate surface area is 130 Å². The molecule has 2 rings (SSSR count). The number of allylic oxidation sites excluding steroid dienone is 1. The summed E-state index contributed by atoms with van der Waals surface area (Å²) in [5, 5.41) is 10.9. The summed E-state index contributed by atoms with van der Waals surface area (Å²) in [6, 6.07) is 2.84. The molecule has 5 nitrogen and oxygen atoms in total. The van der Waals surface area contributed by atoms with Gasteiger partial charge >= 0.3 is 0 Å². The number of carbonyl (C=O) groups is 1. The molecule has 0 bridgehead atoms. The number of hydrogen-bond acceptors (Lipinski definition) is 4. The summed E-state index contributed by atoms with van der Waals surface area (Å²) < 4.78 is 27.9. The van der Waals surface area contributed by atoms with Crippen molar-refractivity contribution in [3.63, 3.8) is 0 Å². The second-order valence-electron chi connectivity index (χ2n) is 4.42. The van der Waals surface area contributed by atoms with Crippen molar-refractivity contribution in [2.24, 2.45) is 0 Å². The van der Waals surface area contributed by atoms with Crippen LogP contribution in [0.1, 0.15) is 5.82 Å². The molecule has 0 spiro atoms. The number of hydrogen-bond donors (Lipinski definition) is 1. The number of benzene rings is 1. The Morgan fingerprint density at radius 3 is 2.68 bits per heavy atom. The van der Waals surface area contributed by atoms with E-state index in [1.807, 2.05) is 4.57 Å². The van der Waals surface area contributed by atoms with Crippen LogP contribution in [0.4, 0.5) is 14.5 Å². The van der Waals surface area contributed by atoms with Gasteiger partial charge in [0.25, 0.3) is 0 Å². The number of carbonyl (C=O) groups excluding carboxylic acids is 1. The second-order valence-corrected chi connectivity index (χ2v) is 5.37. The van der Waals surface area contributed by atoms with E-state index in [1.165, 1.54) is 11.8 Å². The van der Waals surface area contributed by atoms with Crippen molar-refractivity contribution in [1.82, 2.24) is 14.8 Å². The first kappa shape index (κ1) is 16.2. The van der Waals surface area contributed by atoms with Crippen LogP contribution in [0, 0.1) is 18.6 Å². The first-order valence-electron chi connectivity index (χ1n) is 6.39. The Balaban J connectivity index is 1.97. The molecule has 0 radical (unpaired) electrons. The van der Waals surface area contributed by atoms with Gasteiger partial charge < -0.3 is 9.88 Å². The smallest absolute Gasteiger partial charge is 0.234 e. The fraction of sp³-hybridized carbons (Fsp3) is 0.214. The van der Waals surface area contributed by atoms with Crippen LogP contribution < -0.4 is 5.32 Å². The molecule has 0 saturated heterocycles. The Morgan fingerprint density at radius 1 is 1.36 bits per heavy atom. The third-order valence-corrected chi connectivity index (χ3v) is 3.66. The molecule has 1 aromatic carbocycles. The normalized spacial score (nSPS) is 10.5. The zero-order valence-corrected chi connectivity index (χ0v) is 12.7. The summed E-state index contributed by atoms with van der Waals surface area (Å²) in [5.74, 6) is -1.11.